The molecule has 1 saturated carbocycles. The van der Waals surface area contributed by atoms with Crippen LogP contribution in [0.5, 0.6) is 11.5 Å². The van der Waals surface area contributed by atoms with Crippen LogP contribution in [0.25, 0.3) is 10.1 Å². The first-order valence-corrected chi connectivity index (χ1v) is 12.6. The molecule has 0 amide bonds. The van der Waals surface area contributed by atoms with Gasteiger partial charge in [-0.25, -0.2) is 0 Å². The summed E-state index contributed by atoms with van der Waals surface area (Å²) in [6.07, 6.45) is 7.44. The van der Waals surface area contributed by atoms with Crippen LogP contribution in [-0.2, 0) is 0 Å². The van der Waals surface area contributed by atoms with E-state index in [-0.39, 0.29) is 5.78 Å². The fraction of sp³-hybridized carbons (Fsp3) is 0.444. The third-order valence-corrected chi connectivity index (χ3v) is 8.18. The molecule has 32 heavy (non-hydrogen) atoms. The van der Waals surface area contributed by atoms with Crippen molar-refractivity contribution in [2.75, 3.05) is 33.4 Å². The third kappa shape index (κ3) is 4.41. The van der Waals surface area contributed by atoms with Crippen LogP contribution in [0, 0.1) is 0 Å². The Kier molecular flexibility index (Phi) is 6.47. The van der Waals surface area contributed by atoms with E-state index >= 15 is 0 Å². The van der Waals surface area contributed by atoms with E-state index in [0.717, 1.165) is 39.3 Å². The molecule has 5 heteroatoms. The summed E-state index contributed by atoms with van der Waals surface area (Å²) >= 11 is 1.77. The zero-order valence-corrected chi connectivity index (χ0v) is 19.6. The lowest BCUT2D eigenvalue weighted by Gasteiger charge is -2.15. The molecule has 0 unspecified atom stereocenters. The number of fused-ring (bicyclic) bond motifs is 1. The summed E-state index contributed by atoms with van der Waals surface area (Å²) in [7, 11) is 1.69. The molecule has 1 aliphatic carbocycles. The van der Waals surface area contributed by atoms with Crippen molar-refractivity contribution in [1.29, 1.82) is 0 Å². The van der Waals surface area contributed by atoms with Crippen molar-refractivity contribution in [2.24, 2.45) is 0 Å². The van der Waals surface area contributed by atoms with Gasteiger partial charge in [-0.3, -0.25) is 9.69 Å². The topological polar surface area (TPSA) is 38.8 Å². The molecule has 1 saturated heterocycles. The number of thiophene rings is 1. The fourth-order valence-electron chi connectivity index (χ4n) is 5.08. The van der Waals surface area contributed by atoms with Gasteiger partial charge in [0.15, 0.2) is 5.78 Å². The van der Waals surface area contributed by atoms with E-state index in [1.54, 1.807) is 18.4 Å². The molecule has 2 aliphatic rings. The maximum atomic E-state index is 13.7. The van der Waals surface area contributed by atoms with Gasteiger partial charge in [0.05, 0.1) is 7.11 Å². The van der Waals surface area contributed by atoms with Gasteiger partial charge in [-0.15, -0.1) is 11.3 Å². The van der Waals surface area contributed by atoms with E-state index in [1.165, 1.54) is 56.5 Å². The lowest BCUT2D eigenvalue weighted by atomic mass is 9.94. The lowest BCUT2D eigenvalue weighted by Crippen LogP contribution is -2.25. The Bertz CT molecular complexity index is 1080. The lowest BCUT2D eigenvalue weighted by molar-refractivity contribution is 0.103. The number of benzene rings is 2. The van der Waals surface area contributed by atoms with Gasteiger partial charge < -0.3 is 9.47 Å². The Morgan fingerprint density at radius 1 is 1.00 bits per heavy atom. The Balaban J connectivity index is 1.38. The number of carbonyl (C=O) groups is 1. The Morgan fingerprint density at radius 3 is 2.44 bits per heavy atom. The number of nitrogens with zero attached hydrogens (tertiary/aromatic N) is 1. The minimum Gasteiger partial charge on any atom is -0.497 e. The number of likely N-dealkylation sites (tertiary alicyclic amines) is 1. The summed E-state index contributed by atoms with van der Waals surface area (Å²) in [6.45, 7) is 4.02. The van der Waals surface area contributed by atoms with Crippen LogP contribution < -0.4 is 9.47 Å². The maximum Gasteiger partial charge on any atom is 0.194 e. The van der Waals surface area contributed by atoms with Gasteiger partial charge in [-0.05, 0) is 87.2 Å². The number of hydrogen-bond donors (Lipinski definition) is 0. The van der Waals surface area contributed by atoms with Gasteiger partial charge in [0.1, 0.15) is 18.1 Å². The molecule has 3 aromatic rings. The number of methoxy groups -OCH3 is 1. The molecule has 2 fully saturated rings. The summed E-state index contributed by atoms with van der Waals surface area (Å²) in [5.74, 6) is 2.28. The molecule has 168 valence electrons. The molecule has 0 spiro atoms. The van der Waals surface area contributed by atoms with Crippen molar-refractivity contribution >= 4 is 27.2 Å². The average molecular weight is 450 g/mol. The van der Waals surface area contributed by atoms with Crippen molar-refractivity contribution in [2.45, 2.75) is 44.4 Å². The second kappa shape index (κ2) is 9.63. The highest BCUT2D eigenvalue weighted by atomic mass is 32.1. The first kappa shape index (κ1) is 21.5. The SMILES string of the molecule is COc1ccc2c(C(=O)c3ccc(OCCN4CCCC4)cc3)c(C3CCCC3)sc2c1. The van der Waals surface area contributed by atoms with Gasteiger partial charge in [0, 0.05) is 32.6 Å². The second-order valence-electron chi connectivity index (χ2n) is 8.94. The van der Waals surface area contributed by atoms with Gasteiger partial charge in [0.2, 0.25) is 0 Å². The molecule has 2 aromatic carbocycles. The average Bonchev–Trinajstić information content (AvgIpc) is 3.59. The summed E-state index contributed by atoms with van der Waals surface area (Å²) < 4.78 is 12.5. The monoisotopic (exact) mass is 449 g/mol. The standard InChI is InChI=1S/C27H31NO3S/c1-30-22-12-13-23-24(18-22)32-27(20-6-2-3-7-20)25(23)26(29)19-8-10-21(11-9-19)31-17-16-28-14-4-5-15-28/h8-13,18,20H,2-7,14-17H2,1H3. The van der Waals surface area contributed by atoms with Crippen LogP contribution in [0.3, 0.4) is 0 Å². The van der Waals surface area contributed by atoms with Crippen molar-refractivity contribution in [1.82, 2.24) is 4.90 Å². The molecular formula is C27H31NO3S. The zero-order chi connectivity index (χ0) is 21.9. The summed E-state index contributed by atoms with van der Waals surface area (Å²) in [4.78, 5) is 17.4. The molecule has 0 radical (unpaired) electrons. The molecular weight excluding hydrogens is 418 g/mol. The summed E-state index contributed by atoms with van der Waals surface area (Å²) in [5.41, 5.74) is 1.62. The highest BCUT2D eigenvalue weighted by Crippen LogP contribution is 2.44. The number of rotatable bonds is 8. The van der Waals surface area contributed by atoms with Crippen LogP contribution in [0.4, 0.5) is 0 Å². The van der Waals surface area contributed by atoms with E-state index in [1.807, 2.05) is 36.4 Å². The van der Waals surface area contributed by atoms with Gasteiger partial charge in [-0.2, -0.15) is 0 Å². The molecule has 0 N–H and O–H groups in total. The van der Waals surface area contributed by atoms with Crippen molar-refractivity contribution in [3.05, 3.63) is 58.5 Å². The Labute approximate surface area is 194 Å². The summed E-state index contributed by atoms with van der Waals surface area (Å²) in [6, 6.07) is 13.8. The van der Waals surface area contributed by atoms with E-state index in [9.17, 15) is 4.79 Å². The first-order chi connectivity index (χ1) is 15.7. The quantitative estimate of drug-likeness (QED) is 0.380. The number of ether oxygens (including phenoxy) is 2. The van der Waals surface area contributed by atoms with Crippen molar-refractivity contribution in [3.8, 4) is 11.5 Å². The highest BCUT2D eigenvalue weighted by Gasteiger charge is 2.28. The number of carbonyl (C=O) groups excluding carboxylic acids is 1. The van der Waals surface area contributed by atoms with Crippen LogP contribution in [-0.4, -0.2) is 44.0 Å². The zero-order valence-electron chi connectivity index (χ0n) is 18.8. The number of hydrogen-bond acceptors (Lipinski definition) is 5. The molecule has 4 nitrogen and oxygen atoms in total. The largest absolute Gasteiger partial charge is 0.497 e. The van der Waals surface area contributed by atoms with Crippen LogP contribution >= 0.6 is 11.3 Å². The molecule has 2 heterocycles. The molecule has 1 aliphatic heterocycles. The van der Waals surface area contributed by atoms with Crippen molar-refractivity contribution < 1.29 is 14.3 Å². The molecule has 0 atom stereocenters. The minimum atomic E-state index is 0.118. The number of ketones is 1. The first-order valence-electron chi connectivity index (χ1n) is 11.8. The fourth-order valence-corrected chi connectivity index (χ4v) is 6.48. The van der Waals surface area contributed by atoms with Crippen LogP contribution in [0.15, 0.2) is 42.5 Å². The minimum absolute atomic E-state index is 0.118. The van der Waals surface area contributed by atoms with Crippen molar-refractivity contribution in [3.63, 3.8) is 0 Å². The van der Waals surface area contributed by atoms with E-state index < -0.39 is 0 Å². The third-order valence-electron chi connectivity index (χ3n) is 6.87. The van der Waals surface area contributed by atoms with Gasteiger partial charge in [0.25, 0.3) is 0 Å². The highest BCUT2D eigenvalue weighted by molar-refractivity contribution is 7.19. The predicted octanol–water partition coefficient (Wildman–Crippen LogP) is 6.27. The molecule has 5 rings (SSSR count). The van der Waals surface area contributed by atoms with Gasteiger partial charge in [-0.1, -0.05) is 12.8 Å². The maximum absolute atomic E-state index is 13.7. The smallest absolute Gasteiger partial charge is 0.194 e. The van der Waals surface area contributed by atoms with E-state index in [0.29, 0.717) is 12.5 Å². The predicted molar refractivity (Wildman–Crippen MR) is 131 cm³/mol. The van der Waals surface area contributed by atoms with Crippen LogP contribution in [0.1, 0.15) is 65.2 Å². The van der Waals surface area contributed by atoms with Crippen LogP contribution in [0.2, 0.25) is 0 Å². The Morgan fingerprint density at radius 2 is 1.72 bits per heavy atom. The Hall–Kier alpha value is -2.37. The van der Waals surface area contributed by atoms with E-state index in [2.05, 4.69) is 11.0 Å². The molecule has 0 bridgehead atoms. The van der Waals surface area contributed by atoms with Gasteiger partial charge >= 0.3 is 0 Å². The van der Waals surface area contributed by atoms with E-state index in [4.69, 9.17) is 9.47 Å². The molecule has 1 aromatic heterocycles. The second-order valence-corrected chi connectivity index (χ2v) is 10.0. The summed E-state index contributed by atoms with van der Waals surface area (Å²) in [5, 5.41) is 1.05. The normalized spacial score (nSPS) is 17.3.